The summed E-state index contributed by atoms with van der Waals surface area (Å²) >= 11 is 0. The summed E-state index contributed by atoms with van der Waals surface area (Å²) in [6.45, 7) is 5.61. The van der Waals surface area contributed by atoms with Crippen molar-refractivity contribution in [2.75, 3.05) is 13.2 Å². The first kappa shape index (κ1) is 9.92. The quantitative estimate of drug-likeness (QED) is 0.549. The van der Waals surface area contributed by atoms with Crippen LogP contribution in [0.3, 0.4) is 0 Å². The summed E-state index contributed by atoms with van der Waals surface area (Å²) in [7, 11) is 0. The molecule has 0 saturated carbocycles. The van der Waals surface area contributed by atoms with E-state index in [9.17, 15) is 0 Å². The van der Waals surface area contributed by atoms with E-state index in [0.717, 1.165) is 13.0 Å². The maximum absolute atomic E-state index is 8.48. The zero-order valence-corrected chi connectivity index (χ0v) is 7.06. The average molecular weight is 145 g/mol. The van der Waals surface area contributed by atoms with Crippen molar-refractivity contribution in [1.82, 2.24) is 5.32 Å². The Labute approximate surface area is 63.6 Å². The van der Waals surface area contributed by atoms with E-state index in [-0.39, 0.29) is 0 Å². The van der Waals surface area contributed by atoms with Crippen molar-refractivity contribution in [2.24, 2.45) is 0 Å². The SMILES string of the molecule is CCC(CC)NCCCO. The minimum absolute atomic E-state index is 0.299. The van der Waals surface area contributed by atoms with Gasteiger partial charge in [-0.15, -0.1) is 0 Å². The van der Waals surface area contributed by atoms with Crippen molar-refractivity contribution in [3.05, 3.63) is 0 Å². The van der Waals surface area contributed by atoms with Crippen LogP contribution in [0, 0.1) is 0 Å². The number of nitrogens with one attached hydrogen (secondary N) is 1. The molecule has 0 aliphatic carbocycles. The lowest BCUT2D eigenvalue weighted by molar-refractivity contribution is 0.282. The molecule has 0 aromatic rings. The standard InChI is InChI=1S/C8H19NO/c1-3-8(4-2)9-6-5-7-10/h8-10H,3-7H2,1-2H3. The molecule has 0 unspecified atom stereocenters. The Bertz CT molecular complexity index is 62.3. The Kier molecular flexibility index (Phi) is 6.98. The van der Waals surface area contributed by atoms with E-state index < -0.39 is 0 Å². The lowest BCUT2D eigenvalue weighted by Gasteiger charge is -2.13. The monoisotopic (exact) mass is 145 g/mol. The second kappa shape index (κ2) is 7.03. The van der Waals surface area contributed by atoms with Crippen molar-refractivity contribution in [2.45, 2.75) is 39.2 Å². The van der Waals surface area contributed by atoms with E-state index in [0.29, 0.717) is 12.6 Å². The minimum atomic E-state index is 0.299. The number of rotatable bonds is 6. The molecule has 0 amide bonds. The topological polar surface area (TPSA) is 32.3 Å². The first-order valence-electron chi connectivity index (χ1n) is 4.19. The Morgan fingerprint density at radius 3 is 2.30 bits per heavy atom. The van der Waals surface area contributed by atoms with Gasteiger partial charge in [-0.3, -0.25) is 0 Å². The van der Waals surface area contributed by atoms with Gasteiger partial charge in [-0.1, -0.05) is 13.8 Å². The Morgan fingerprint density at radius 2 is 1.90 bits per heavy atom. The molecular weight excluding hydrogens is 126 g/mol. The van der Waals surface area contributed by atoms with Gasteiger partial charge in [0.15, 0.2) is 0 Å². The van der Waals surface area contributed by atoms with Crippen LogP contribution in [-0.4, -0.2) is 24.3 Å². The molecule has 0 bridgehead atoms. The molecule has 0 radical (unpaired) electrons. The third-order valence-electron chi connectivity index (χ3n) is 1.75. The van der Waals surface area contributed by atoms with Crippen molar-refractivity contribution in [3.8, 4) is 0 Å². The van der Waals surface area contributed by atoms with Crippen LogP contribution in [0.5, 0.6) is 0 Å². The molecule has 0 atom stereocenters. The van der Waals surface area contributed by atoms with Crippen molar-refractivity contribution < 1.29 is 5.11 Å². The summed E-state index contributed by atoms with van der Waals surface area (Å²) < 4.78 is 0. The normalized spacial score (nSPS) is 10.8. The fourth-order valence-corrected chi connectivity index (χ4v) is 0.963. The van der Waals surface area contributed by atoms with Crippen LogP contribution in [0.1, 0.15) is 33.1 Å². The summed E-state index contributed by atoms with van der Waals surface area (Å²) in [6, 6.07) is 0.645. The minimum Gasteiger partial charge on any atom is -0.396 e. The molecule has 0 aliphatic heterocycles. The molecule has 0 aliphatic rings. The molecule has 10 heavy (non-hydrogen) atoms. The van der Waals surface area contributed by atoms with Gasteiger partial charge < -0.3 is 10.4 Å². The van der Waals surface area contributed by atoms with E-state index in [4.69, 9.17) is 5.11 Å². The first-order chi connectivity index (χ1) is 4.85. The lowest BCUT2D eigenvalue weighted by Crippen LogP contribution is -2.28. The van der Waals surface area contributed by atoms with Gasteiger partial charge in [0, 0.05) is 12.6 Å². The molecule has 0 aromatic heterocycles. The molecule has 0 aromatic carbocycles. The molecule has 0 fully saturated rings. The van der Waals surface area contributed by atoms with Gasteiger partial charge in [-0.2, -0.15) is 0 Å². The predicted octanol–water partition coefficient (Wildman–Crippen LogP) is 1.15. The molecule has 0 rings (SSSR count). The van der Waals surface area contributed by atoms with Gasteiger partial charge in [0.25, 0.3) is 0 Å². The fraction of sp³-hybridized carbons (Fsp3) is 1.00. The highest BCUT2D eigenvalue weighted by Crippen LogP contribution is 1.94. The van der Waals surface area contributed by atoms with E-state index >= 15 is 0 Å². The van der Waals surface area contributed by atoms with E-state index in [2.05, 4.69) is 19.2 Å². The number of aliphatic hydroxyl groups excluding tert-OH is 1. The van der Waals surface area contributed by atoms with Gasteiger partial charge in [-0.05, 0) is 25.8 Å². The van der Waals surface area contributed by atoms with Crippen LogP contribution in [0.4, 0.5) is 0 Å². The highest BCUT2D eigenvalue weighted by molar-refractivity contribution is 4.61. The third-order valence-corrected chi connectivity index (χ3v) is 1.75. The molecule has 0 saturated heterocycles. The smallest absolute Gasteiger partial charge is 0.0443 e. The van der Waals surface area contributed by atoms with Crippen LogP contribution < -0.4 is 5.32 Å². The van der Waals surface area contributed by atoms with Gasteiger partial charge in [0.05, 0.1) is 0 Å². The molecule has 62 valence electrons. The summed E-state index contributed by atoms with van der Waals surface area (Å²) in [6.07, 6.45) is 3.24. The molecule has 2 nitrogen and oxygen atoms in total. The molecule has 0 spiro atoms. The predicted molar refractivity (Wildman–Crippen MR) is 44.1 cm³/mol. The van der Waals surface area contributed by atoms with Crippen LogP contribution in [0.25, 0.3) is 0 Å². The molecule has 2 heteroatoms. The summed E-state index contributed by atoms with van der Waals surface area (Å²) in [5.41, 5.74) is 0. The van der Waals surface area contributed by atoms with E-state index in [1.54, 1.807) is 0 Å². The highest BCUT2D eigenvalue weighted by Gasteiger charge is 1.99. The number of aliphatic hydroxyl groups is 1. The maximum Gasteiger partial charge on any atom is 0.0443 e. The lowest BCUT2D eigenvalue weighted by atomic mass is 10.2. The second-order valence-electron chi connectivity index (χ2n) is 2.54. The van der Waals surface area contributed by atoms with E-state index in [1.165, 1.54) is 12.8 Å². The van der Waals surface area contributed by atoms with Crippen molar-refractivity contribution >= 4 is 0 Å². The average Bonchev–Trinajstić information content (AvgIpc) is 1.99. The summed E-state index contributed by atoms with van der Waals surface area (Å²) in [5, 5.41) is 11.8. The first-order valence-corrected chi connectivity index (χ1v) is 4.19. The van der Waals surface area contributed by atoms with Gasteiger partial charge >= 0.3 is 0 Å². The Hall–Kier alpha value is -0.0800. The van der Waals surface area contributed by atoms with Crippen LogP contribution >= 0.6 is 0 Å². The maximum atomic E-state index is 8.48. The Balaban J connectivity index is 3.09. The van der Waals surface area contributed by atoms with Gasteiger partial charge in [0.1, 0.15) is 0 Å². The third kappa shape index (κ3) is 4.77. The van der Waals surface area contributed by atoms with Crippen LogP contribution in [0.2, 0.25) is 0 Å². The van der Waals surface area contributed by atoms with E-state index in [1.807, 2.05) is 0 Å². The van der Waals surface area contributed by atoms with Gasteiger partial charge in [0.2, 0.25) is 0 Å². The van der Waals surface area contributed by atoms with Crippen molar-refractivity contribution in [3.63, 3.8) is 0 Å². The number of hydrogen-bond donors (Lipinski definition) is 2. The zero-order chi connectivity index (χ0) is 7.82. The Morgan fingerprint density at radius 1 is 1.30 bits per heavy atom. The second-order valence-corrected chi connectivity index (χ2v) is 2.54. The highest BCUT2D eigenvalue weighted by atomic mass is 16.3. The molecule has 2 N–H and O–H groups in total. The number of hydrogen-bond acceptors (Lipinski definition) is 2. The summed E-state index contributed by atoms with van der Waals surface area (Å²) in [4.78, 5) is 0. The van der Waals surface area contributed by atoms with Gasteiger partial charge in [-0.25, -0.2) is 0 Å². The fourth-order valence-electron chi connectivity index (χ4n) is 0.963. The van der Waals surface area contributed by atoms with Crippen LogP contribution in [0.15, 0.2) is 0 Å². The molecular formula is C8H19NO. The largest absolute Gasteiger partial charge is 0.396 e. The van der Waals surface area contributed by atoms with Crippen LogP contribution in [-0.2, 0) is 0 Å². The summed E-state index contributed by atoms with van der Waals surface area (Å²) in [5.74, 6) is 0. The van der Waals surface area contributed by atoms with Crippen molar-refractivity contribution in [1.29, 1.82) is 0 Å². The molecule has 0 heterocycles. The zero-order valence-electron chi connectivity index (χ0n) is 7.06.